The number of hydrogen-bond acceptors (Lipinski definition) is 2. The molecule has 0 N–H and O–H groups in total. The van der Waals surface area contributed by atoms with Gasteiger partial charge in [0.2, 0.25) is 0 Å². The molecule has 7 rings (SSSR count). The Morgan fingerprint density at radius 2 is 0.627 bits per heavy atom. The van der Waals surface area contributed by atoms with Gasteiger partial charge in [-0.2, -0.15) is 0 Å². The van der Waals surface area contributed by atoms with E-state index in [2.05, 4.69) is 196 Å². The standard InChI is InChI=1S/C45H46O2P2.2ClH/c1-45(2)46-43(35-48(39-25-13-5-14-26-39,40-27-15-6-16-28-40)33-37-21-9-3-10-22-37)44(47-45)36-49(41-29-17-7-18-30-41,42-31-19-8-20-32-42)34-38-23-11-4-12-24-38;;/h3-32,43-44H,33-36H2,1-2H3;2*1H/q+2;;/p-2/t43-,44?;;/m0../s1. The Hall–Kier alpha value is -3.32. The van der Waals surface area contributed by atoms with Crippen LogP contribution in [0, 0.1) is 0 Å². The molecule has 0 saturated carbocycles. The van der Waals surface area contributed by atoms with Crippen LogP contribution in [0.25, 0.3) is 0 Å². The van der Waals surface area contributed by atoms with E-state index in [1.807, 2.05) is 0 Å². The third-order valence-electron chi connectivity index (χ3n) is 9.86. The molecular formula is C45H46Cl2O2P2. The lowest BCUT2D eigenvalue weighted by atomic mass is 10.2. The van der Waals surface area contributed by atoms with E-state index in [-0.39, 0.29) is 37.0 Å². The molecule has 0 radical (unpaired) electrons. The predicted molar refractivity (Wildman–Crippen MR) is 212 cm³/mol. The normalized spacial score (nSPS) is 16.8. The molecule has 1 aliphatic rings. The van der Waals surface area contributed by atoms with Crippen molar-refractivity contribution in [3.63, 3.8) is 0 Å². The highest BCUT2D eigenvalue weighted by Crippen LogP contribution is 2.64. The molecule has 1 unspecified atom stereocenters. The fraction of sp³-hybridized carbons (Fsp3) is 0.200. The predicted octanol–water partition coefficient (Wildman–Crippen LogP) is 3.25. The van der Waals surface area contributed by atoms with Gasteiger partial charge in [0.1, 0.15) is 12.2 Å². The van der Waals surface area contributed by atoms with Crippen LogP contribution in [0.5, 0.6) is 0 Å². The first-order chi connectivity index (χ1) is 24.0. The zero-order valence-electron chi connectivity index (χ0n) is 29.3. The van der Waals surface area contributed by atoms with Gasteiger partial charge >= 0.3 is 0 Å². The second kappa shape index (κ2) is 17.5. The lowest BCUT2D eigenvalue weighted by Gasteiger charge is -2.33. The summed E-state index contributed by atoms with van der Waals surface area (Å²) >= 11 is 0. The van der Waals surface area contributed by atoms with Crippen LogP contribution in [-0.2, 0) is 21.8 Å². The van der Waals surface area contributed by atoms with Gasteiger partial charge in [-0.05, 0) is 73.5 Å². The fourth-order valence-electron chi connectivity index (χ4n) is 7.69. The van der Waals surface area contributed by atoms with Crippen molar-refractivity contribution in [2.75, 3.05) is 12.3 Å². The molecule has 2 atom stereocenters. The molecule has 6 aromatic carbocycles. The van der Waals surface area contributed by atoms with E-state index >= 15 is 0 Å². The van der Waals surface area contributed by atoms with Crippen molar-refractivity contribution in [3.8, 4) is 0 Å². The lowest BCUT2D eigenvalue weighted by Crippen LogP contribution is -3.00. The second-order valence-electron chi connectivity index (χ2n) is 13.6. The van der Waals surface area contributed by atoms with Crippen LogP contribution in [0.3, 0.4) is 0 Å². The first-order valence-corrected chi connectivity index (χ1v) is 21.7. The van der Waals surface area contributed by atoms with Crippen LogP contribution < -0.4 is 46.0 Å². The molecule has 1 aliphatic heterocycles. The maximum Gasteiger partial charge on any atom is 0.164 e. The average Bonchev–Trinajstić information content (AvgIpc) is 3.44. The summed E-state index contributed by atoms with van der Waals surface area (Å²) in [6.07, 6.45) is 3.57. The molecule has 6 heteroatoms. The summed E-state index contributed by atoms with van der Waals surface area (Å²) in [6, 6.07) is 67.0. The first-order valence-electron chi connectivity index (χ1n) is 17.4. The van der Waals surface area contributed by atoms with Gasteiger partial charge in [0, 0.05) is 0 Å². The molecule has 0 bridgehead atoms. The zero-order chi connectivity index (χ0) is 33.6. The van der Waals surface area contributed by atoms with Gasteiger partial charge in [0.25, 0.3) is 0 Å². The van der Waals surface area contributed by atoms with Crippen LogP contribution in [0.2, 0.25) is 0 Å². The number of benzene rings is 6. The van der Waals surface area contributed by atoms with Crippen molar-refractivity contribution >= 4 is 35.7 Å². The van der Waals surface area contributed by atoms with Crippen molar-refractivity contribution in [2.45, 2.75) is 44.2 Å². The Labute approximate surface area is 318 Å². The molecule has 1 fully saturated rings. The van der Waals surface area contributed by atoms with Crippen LogP contribution in [0.15, 0.2) is 182 Å². The van der Waals surface area contributed by atoms with Crippen LogP contribution >= 0.6 is 14.5 Å². The summed E-state index contributed by atoms with van der Waals surface area (Å²) in [5.74, 6) is -0.694. The number of hydrogen-bond donors (Lipinski definition) is 0. The smallest absolute Gasteiger partial charge is 0.164 e. The SMILES string of the molecule is CC1(C)OC(C[P+](Cc2ccccc2)(c2ccccc2)c2ccccc2)[C@H](C[P+](Cc2ccccc2)(c2ccccc2)c2ccccc2)O1.[Cl-].[Cl-]. The quantitative estimate of drug-likeness (QED) is 0.179. The summed E-state index contributed by atoms with van der Waals surface area (Å²) in [6.45, 7) is 4.20. The average molecular weight is 752 g/mol. The van der Waals surface area contributed by atoms with E-state index in [0.29, 0.717) is 0 Å². The summed E-state index contributed by atoms with van der Waals surface area (Å²) in [4.78, 5) is 0. The zero-order valence-corrected chi connectivity index (χ0v) is 32.6. The summed E-state index contributed by atoms with van der Waals surface area (Å²) in [5, 5.41) is 5.64. The topological polar surface area (TPSA) is 18.5 Å². The minimum atomic E-state index is -2.03. The molecule has 6 aromatic rings. The summed E-state index contributed by atoms with van der Waals surface area (Å²) in [5.41, 5.74) is 2.72. The monoisotopic (exact) mass is 750 g/mol. The minimum Gasteiger partial charge on any atom is -1.00 e. The molecule has 0 spiro atoms. The van der Waals surface area contributed by atoms with Gasteiger partial charge in [-0.1, -0.05) is 133 Å². The van der Waals surface area contributed by atoms with E-state index in [9.17, 15) is 0 Å². The highest BCUT2D eigenvalue weighted by atomic mass is 35.5. The number of rotatable bonds is 12. The Morgan fingerprint density at radius 1 is 0.392 bits per heavy atom. The van der Waals surface area contributed by atoms with Crippen LogP contribution in [0.1, 0.15) is 25.0 Å². The molecular weight excluding hydrogens is 705 g/mol. The Bertz CT molecular complexity index is 1680. The van der Waals surface area contributed by atoms with Crippen LogP contribution in [0.4, 0.5) is 0 Å². The lowest BCUT2D eigenvalue weighted by molar-refractivity contribution is -0.142. The van der Waals surface area contributed by atoms with Crippen molar-refractivity contribution in [1.29, 1.82) is 0 Å². The van der Waals surface area contributed by atoms with Crippen molar-refractivity contribution < 1.29 is 34.3 Å². The van der Waals surface area contributed by atoms with Gasteiger partial charge in [0.05, 0.1) is 60.4 Å². The first kappa shape index (κ1) is 38.9. The molecule has 2 nitrogen and oxygen atoms in total. The van der Waals surface area contributed by atoms with Crippen molar-refractivity contribution in [1.82, 2.24) is 0 Å². The van der Waals surface area contributed by atoms with Gasteiger partial charge in [0.15, 0.2) is 5.79 Å². The van der Waals surface area contributed by atoms with E-state index < -0.39 is 20.3 Å². The van der Waals surface area contributed by atoms with Crippen molar-refractivity contribution in [3.05, 3.63) is 193 Å². The Morgan fingerprint density at radius 3 is 0.882 bits per heavy atom. The van der Waals surface area contributed by atoms with Gasteiger partial charge in [-0.3, -0.25) is 0 Å². The maximum atomic E-state index is 7.09. The molecule has 0 aromatic heterocycles. The minimum absolute atomic E-state index is 0. The van der Waals surface area contributed by atoms with Crippen LogP contribution in [-0.4, -0.2) is 30.3 Å². The number of ether oxygens (including phenoxy) is 2. The number of halogens is 2. The highest BCUT2D eigenvalue weighted by Gasteiger charge is 2.56. The second-order valence-corrected chi connectivity index (χ2v) is 20.9. The van der Waals surface area contributed by atoms with E-state index in [1.165, 1.54) is 32.3 Å². The van der Waals surface area contributed by atoms with Gasteiger partial charge in [-0.15, -0.1) is 0 Å². The maximum absolute atomic E-state index is 7.09. The molecule has 0 aliphatic carbocycles. The molecule has 1 heterocycles. The summed E-state index contributed by atoms with van der Waals surface area (Å²) in [7, 11) is -4.07. The Balaban J connectivity index is 0.00000252. The largest absolute Gasteiger partial charge is 1.00 e. The molecule has 1 saturated heterocycles. The van der Waals surface area contributed by atoms with Gasteiger partial charge in [-0.25, -0.2) is 0 Å². The van der Waals surface area contributed by atoms with Crippen molar-refractivity contribution in [2.24, 2.45) is 0 Å². The molecule has 0 amide bonds. The third-order valence-corrected chi connectivity index (χ3v) is 18.8. The van der Waals surface area contributed by atoms with E-state index in [4.69, 9.17) is 9.47 Å². The Kier molecular flexibility index (Phi) is 13.3. The fourth-order valence-corrected chi connectivity index (χ4v) is 16.6. The van der Waals surface area contributed by atoms with E-state index in [1.54, 1.807) is 0 Å². The summed E-state index contributed by atoms with van der Waals surface area (Å²) < 4.78 is 14.2. The molecule has 51 heavy (non-hydrogen) atoms. The highest BCUT2D eigenvalue weighted by molar-refractivity contribution is 7.89. The van der Waals surface area contributed by atoms with E-state index in [0.717, 1.165) is 24.6 Å². The molecule has 262 valence electrons. The van der Waals surface area contributed by atoms with Gasteiger partial charge < -0.3 is 34.3 Å². The third kappa shape index (κ3) is 8.84.